The van der Waals surface area contributed by atoms with Crippen LogP contribution in [0.5, 0.6) is 0 Å². The number of nitrogens with zero attached hydrogens (tertiary/aromatic N) is 1. The molecule has 0 aromatic heterocycles. The Kier molecular flexibility index (Phi) is 47.5. The van der Waals surface area contributed by atoms with E-state index in [1.807, 2.05) is 29.2 Å². The summed E-state index contributed by atoms with van der Waals surface area (Å²) >= 11 is 0. The molecule has 2 fully saturated rings. The van der Waals surface area contributed by atoms with E-state index < -0.39 is 194 Å². The molecule has 36 heteroatoms. The standard InChI is InChI=1S/C65H99F11N2O23/c66-10-5-49(69)59(73)54(40-67)100-57(81)8-13-96-43-65(42-95-12-7-56(80)99-53-38-47(68)37-50(70)60(53)74,44-97-14-9-58(82)101-63-61(75)51(71)39-52(72)62(63)76)77-55(79)6-11-84-15-16-85-17-18-86-19-20-87-21-22-88-23-24-89-25-26-90-27-28-91-29-30-92-31-32-93-33-34-94-35-36-98-45-78-41-46-3-1-2-4-48(46)64(78)83/h1-5,10,47,49-54,59-64,83H,6-9,11-45H2,(H,77,79)/b10-5+. The lowest BCUT2D eigenvalue weighted by Crippen LogP contribution is -2.59. The molecule has 1 heterocycles. The van der Waals surface area contributed by atoms with E-state index in [2.05, 4.69) is 10.1 Å². The maximum Gasteiger partial charge on any atom is 0.308 e. The lowest BCUT2D eigenvalue weighted by molar-refractivity contribution is -0.169. The monoisotopic (exact) mass is 1480 g/mol. The molecule has 3 aliphatic rings. The molecule has 13 atom stereocenters. The van der Waals surface area contributed by atoms with Crippen molar-refractivity contribution >= 4 is 23.8 Å². The smallest absolute Gasteiger partial charge is 0.308 e. The molecule has 1 aromatic rings. The summed E-state index contributed by atoms with van der Waals surface area (Å²) in [5.74, 6) is -4.57. The fourth-order valence-electron chi connectivity index (χ4n) is 9.79. The largest absolute Gasteiger partial charge is 0.459 e. The first-order valence-electron chi connectivity index (χ1n) is 33.5. The predicted molar refractivity (Wildman–Crippen MR) is 332 cm³/mol. The normalized spacial score (nSPS) is 23.1. The van der Waals surface area contributed by atoms with Crippen molar-refractivity contribution < 1.29 is 158 Å². The first-order valence-corrected chi connectivity index (χ1v) is 33.5. The van der Waals surface area contributed by atoms with Gasteiger partial charge in [-0.05, 0) is 17.2 Å². The third kappa shape index (κ3) is 37.8. The number of carbonyl (C=O) groups is 4. The average Bonchev–Trinajstić information content (AvgIpc) is 1.80. The molecule has 13 unspecified atom stereocenters. The maximum absolute atomic E-state index is 14.4. The Hall–Kier alpha value is -4.61. The number of hydrogen-bond acceptors (Lipinski definition) is 24. The number of benzene rings is 1. The van der Waals surface area contributed by atoms with Gasteiger partial charge in [0.15, 0.2) is 43.1 Å². The summed E-state index contributed by atoms with van der Waals surface area (Å²) in [4.78, 5) is 53.2. The van der Waals surface area contributed by atoms with Crippen LogP contribution in [0.4, 0.5) is 48.3 Å². The Morgan fingerprint density at radius 2 is 0.901 bits per heavy atom. The van der Waals surface area contributed by atoms with Crippen LogP contribution in [0.15, 0.2) is 36.7 Å². The topological polar surface area (TPSA) is 270 Å². The Balaban J connectivity index is 1.04. The summed E-state index contributed by atoms with van der Waals surface area (Å²) < 4.78 is 251. The van der Waals surface area contributed by atoms with Crippen molar-refractivity contribution in [2.75, 3.05) is 205 Å². The molecule has 101 heavy (non-hydrogen) atoms. The highest BCUT2D eigenvalue weighted by atomic mass is 19.2. The molecule has 0 bridgehead atoms. The van der Waals surface area contributed by atoms with Gasteiger partial charge in [-0.2, -0.15) is 0 Å². The van der Waals surface area contributed by atoms with Crippen LogP contribution >= 0.6 is 0 Å². The van der Waals surface area contributed by atoms with Gasteiger partial charge in [0, 0.05) is 32.2 Å². The van der Waals surface area contributed by atoms with Crippen molar-refractivity contribution in [1.82, 2.24) is 10.2 Å². The Morgan fingerprint density at radius 1 is 0.505 bits per heavy atom. The number of ether oxygens (including phenoxy) is 18. The summed E-state index contributed by atoms with van der Waals surface area (Å²) in [6, 6.07) is 7.78. The number of carbonyl (C=O) groups excluding carboxylic acids is 4. The first-order chi connectivity index (χ1) is 48.9. The fourth-order valence-corrected chi connectivity index (χ4v) is 9.79. The average molecular weight is 1490 g/mol. The molecule has 2 saturated carbocycles. The minimum absolute atomic E-state index is 0.00389. The quantitative estimate of drug-likeness (QED) is 0.0350. The van der Waals surface area contributed by atoms with Gasteiger partial charge >= 0.3 is 17.9 Å². The summed E-state index contributed by atoms with van der Waals surface area (Å²) in [5, 5.41) is 13.0. The van der Waals surface area contributed by atoms with Crippen LogP contribution in [0.2, 0.25) is 0 Å². The number of allylic oxidation sites excluding steroid dienone is 1. The first kappa shape index (κ1) is 88.8. The second kappa shape index (κ2) is 54.1. The lowest BCUT2D eigenvalue weighted by atomic mass is 9.91. The number of fused-ring (bicyclic) bond motifs is 1. The molecule has 0 spiro atoms. The van der Waals surface area contributed by atoms with Crippen LogP contribution in [0.1, 0.15) is 62.3 Å². The summed E-state index contributed by atoms with van der Waals surface area (Å²) in [6.45, 7) is 2.53. The summed E-state index contributed by atoms with van der Waals surface area (Å²) in [6.07, 6.45) is -34.4. The molecule has 2 N–H and O–H groups in total. The second-order valence-electron chi connectivity index (χ2n) is 23.1. The van der Waals surface area contributed by atoms with Crippen LogP contribution in [0.3, 0.4) is 0 Å². The van der Waals surface area contributed by atoms with Gasteiger partial charge in [-0.15, -0.1) is 0 Å². The van der Waals surface area contributed by atoms with E-state index in [0.29, 0.717) is 119 Å². The minimum atomic E-state index is -2.80. The third-order valence-corrected chi connectivity index (χ3v) is 15.1. The van der Waals surface area contributed by atoms with Gasteiger partial charge in [-0.3, -0.25) is 19.2 Å². The molecule has 1 aromatic carbocycles. The van der Waals surface area contributed by atoms with E-state index in [9.17, 15) is 72.6 Å². The van der Waals surface area contributed by atoms with Gasteiger partial charge in [0.2, 0.25) is 5.91 Å². The van der Waals surface area contributed by atoms with Gasteiger partial charge in [0.1, 0.15) is 56.0 Å². The van der Waals surface area contributed by atoms with Crippen LogP contribution in [0, 0.1) is 0 Å². The van der Waals surface area contributed by atoms with E-state index in [1.165, 1.54) is 0 Å². The molecule has 1 amide bonds. The van der Waals surface area contributed by atoms with E-state index >= 15 is 0 Å². The molecule has 4 rings (SSSR count). The second-order valence-corrected chi connectivity index (χ2v) is 23.1. The number of halogens is 11. The number of aliphatic hydroxyl groups is 1. The number of amides is 1. The SMILES string of the molecule is O=C(CCOCCOCCOCCOCCOCCOCCOCCOCCOCCOCCOCCOCN1Cc2ccccc2C1O)NC(COCCC(=O)OC(CF)C(F)C(F)/C=C/F)(COCCC(=O)OC1CC(F)CC(F)C1F)COCCC(=O)OC1C(F)C(F)CC(F)C1F. The Labute approximate surface area is 580 Å². The zero-order chi connectivity index (χ0) is 73.3. The number of rotatable bonds is 61. The van der Waals surface area contributed by atoms with E-state index in [1.54, 1.807) is 0 Å². The van der Waals surface area contributed by atoms with Crippen molar-refractivity contribution in [2.24, 2.45) is 0 Å². The number of hydrogen-bond donors (Lipinski definition) is 2. The molecule has 584 valence electrons. The van der Waals surface area contributed by atoms with Gasteiger partial charge in [-0.25, -0.2) is 53.2 Å². The van der Waals surface area contributed by atoms with Crippen molar-refractivity contribution in [3.8, 4) is 0 Å². The van der Waals surface area contributed by atoms with Crippen molar-refractivity contribution in [2.45, 2.75) is 137 Å². The number of aliphatic hydroxyl groups excluding tert-OH is 1. The molecule has 1 aliphatic heterocycles. The Morgan fingerprint density at radius 3 is 1.34 bits per heavy atom. The van der Waals surface area contributed by atoms with Gasteiger partial charge < -0.3 is 95.7 Å². The maximum atomic E-state index is 14.4. The van der Waals surface area contributed by atoms with E-state index in [4.69, 9.17) is 80.5 Å². The lowest BCUT2D eigenvalue weighted by Gasteiger charge is -2.34. The molecular weight excluding hydrogens is 1390 g/mol. The number of esters is 3. The van der Waals surface area contributed by atoms with Crippen LogP contribution < -0.4 is 5.32 Å². The van der Waals surface area contributed by atoms with Crippen LogP contribution in [-0.2, 0) is 111 Å². The van der Waals surface area contributed by atoms with E-state index in [0.717, 1.165) is 11.1 Å². The minimum Gasteiger partial charge on any atom is -0.459 e. The Bertz CT molecular complexity index is 2370. The van der Waals surface area contributed by atoms with Gasteiger partial charge in [-0.1, -0.05) is 24.3 Å². The van der Waals surface area contributed by atoms with Gasteiger partial charge in [0.05, 0.1) is 217 Å². The molecule has 2 aliphatic carbocycles. The van der Waals surface area contributed by atoms with Crippen LogP contribution in [0.25, 0.3) is 0 Å². The third-order valence-electron chi connectivity index (χ3n) is 15.1. The highest BCUT2D eigenvalue weighted by Crippen LogP contribution is 2.33. The van der Waals surface area contributed by atoms with Gasteiger partial charge in [0.25, 0.3) is 0 Å². The molecule has 0 radical (unpaired) electrons. The molecule has 25 nitrogen and oxygen atoms in total. The van der Waals surface area contributed by atoms with Crippen LogP contribution in [-0.4, -0.2) is 318 Å². The zero-order valence-electron chi connectivity index (χ0n) is 56.6. The fraction of sp³-hybridized carbons (Fsp3) is 0.815. The summed E-state index contributed by atoms with van der Waals surface area (Å²) in [7, 11) is 0. The van der Waals surface area contributed by atoms with Crippen molar-refractivity contribution in [1.29, 1.82) is 0 Å². The number of alkyl halides is 10. The predicted octanol–water partition coefficient (Wildman–Crippen LogP) is 5.54. The summed E-state index contributed by atoms with van der Waals surface area (Å²) in [5.41, 5.74) is 0.120. The van der Waals surface area contributed by atoms with Crippen molar-refractivity contribution in [3.05, 3.63) is 47.8 Å². The van der Waals surface area contributed by atoms with Crippen molar-refractivity contribution in [3.63, 3.8) is 0 Å². The number of nitrogens with one attached hydrogen (secondary N) is 1. The highest BCUT2D eigenvalue weighted by molar-refractivity contribution is 5.77. The molecular formula is C65H99F11N2O23. The zero-order valence-corrected chi connectivity index (χ0v) is 56.6. The van der Waals surface area contributed by atoms with E-state index in [-0.39, 0.29) is 65.1 Å². The highest BCUT2D eigenvalue weighted by Gasteiger charge is 2.49. The molecule has 0 saturated heterocycles.